The van der Waals surface area contributed by atoms with Crippen LogP contribution in [-0.2, 0) is 4.74 Å². The average molecular weight is 448 g/mol. The molecule has 27 heavy (non-hydrogen) atoms. The summed E-state index contributed by atoms with van der Waals surface area (Å²) in [6, 6.07) is 5.90. The molecule has 0 saturated heterocycles. The molecule has 7 nitrogen and oxygen atoms in total. The van der Waals surface area contributed by atoms with E-state index < -0.39 is 0 Å². The maximum atomic E-state index is 12.5. The van der Waals surface area contributed by atoms with Gasteiger partial charge >= 0.3 is 0 Å². The molecule has 1 aliphatic rings. The molecule has 3 aromatic heterocycles. The molecule has 1 aliphatic carbocycles. The average Bonchev–Trinajstić information content (AvgIpc) is 3.25. The summed E-state index contributed by atoms with van der Waals surface area (Å²) in [5.41, 5.74) is 2.36. The number of rotatable bonds is 6. The summed E-state index contributed by atoms with van der Waals surface area (Å²) in [4.78, 5) is 21.1. The quantitative estimate of drug-likeness (QED) is 0.613. The van der Waals surface area contributed by atoms with E-state index in [0.29, 0.717) is 26.7 Å². The molecule has 0 radical (unpaired) electrons. The van der Waals surface area contributed by atoms with Crippen molar-refractivity contribution in [2.24, 2.45) is 0 Å². The zero-order valence-corrected chi connectivity index (χ0v) is 17.0. The standard InChI is InChI=1S/C18H18BrN5O2S/c1-2-26-12-7-11(8-12)24-9-14(16(23-24)13-5-3-4-6-20-13)21-17(25)15-10-27-18(19)22-15/h3-6,9-12H,2,7-8H2,1H3,(H,21,25). The molecule has 0 aliphatic heterocycles. The molecular weight excluding hydrogens is 430 g/mol. The maximum Gasteiger partial charge on any atom is 0.275 e. The summed E-state index contributed by atoms with van der Waals surface area (Å²) in [6.07, 6.45) is 5.71. The molecule has 140 valence electrons. The largest absolute Gasteiger partial charge is 0.378 e. The van der Waals surface area contributed by atoms with Crippen LogP contribution < -0.4 is 5.32 Å². The van der Waals surface area contributed by atoms with Crippen LogP contribution in [0.5, 0.6) is 0 Å². The molecular formula is C18H18BrN5O2S. The van der Waals surface area contributed by atoms with E-state index >= 15 is 0 Å². The molecule has 0 aromatic carbocycles. The molecule has 1 fully saturated rings. The molecule has 0 unspecified atom stereocenters. The van der Waals surface area contributed by atoms with Gasteiger partial charge in [-0.15, -0.1) is 11.3 Å². The van der Waals surface area contributed by atoms with Crippen molar-refractivity contribution in [2.75, 3.05) is 11.9 Å². The second-order valence-corrected chi connectivity index (χ2v) is 8.36. The number of nitrogens with one attached hydrogen (secondary N) is 1. The summed E-state index contributed by atoms with van der Waals surface area (Å²) in [7, 11) is 0. The van der Waals surface area contributed by atoms with Crippen molar-refractivity contribution in [1.82, 2.24) is 19.7 Å². The monoisotopic (exact) mass is 447 g/mol. The summed E-state index contributed by atoms with van der Waals surface area (Å²) in [5, 5.41) is 9.35. The maximum absolute atomic E-state index is 12.5. The molecule has 3 aromatic rings. The number of nitrogens with zero attached hydrogens (tertiary/aromatic N) is 4. The second kappa shape index (κ2) is 7.87. The van der Waals surface area contributed by atoms with Gasteiger partial charge in [-0.1, -0.05) is 6.07 Å². The molecule has 1 amide bonds. The van der Waals surface area contributed by atoms with Crippen LogP contribution in [0, 0.1) is 0 Å². The van der Waals surface area contributed by atoms with Crippen molar-refractivity contribution in [3.63, 3.8) is 0 Å². The third-order valence-electron chi connectivity index (χ3n) is 4.44. The number of ether oxygens (including phenoxy) is 1. The van der Waals surface area contributed by atoms with Gasteiger partial charge in [-0.05, 0) is 47.8 Å². The van der Waals surface area contributed by atoms with Crippen molar-refractivity contribution in [2.45, 2.75) is 31.9 Å². The number of carbonyl (C=O) groups excluding carboxylic acids is 1. The molecule has 0 spiro atoms. The minimum absolute atomic E-state index is 0.267. The lowest BCUT2D eigenvalue weighted by Crippen LogP contribution is -2.33. The first-order chi connectivity index (χ1) is 13.1. The van der Waals surface area contributed by atoms with Crippen LogP contribution in [-0.4, -0.2) is 38.4 Å². The van der Waals surface area contributed by atoms with E-state index in [0.717, 1.165) is 19.4 Å². The van der Waals surface area contributed by atoms with Crippen molar-refractivity contribution in [3.05, 3.63) is 45.6 Å². The Kier molecular flexibility index (Phi) is 5.33. The van der Waals surface area contributed by atoms with Gasteiger partial charge in [0.1, 0.15) is 11.4 Å². The summed E-state index contributed by atoms with van der Waals surface area (Å²) in [5.74, 6) is -0.269. The normalized spacial score (nSPS) is 18.9. The SMILES string of the molecule is CCOC1CC(n2cc(NC(=O)c3csc(Br)n3)c(-c3ccccn3)n2)C1. The number of pyridine rings is 1. The highest BCUT2D eigenvalue weighted by Gasteiger charge is 2.32. The van der Waals surface area contributed by atoms with Gasteiger partial charge in [-0.25, -0.2) is 4.98 Å². The number of anilines is 1. The third kappa shape index (κ3) is 3.95. The lowest BCUT2D eigenvalue weighted by atomic mass is 9.89. The Hall–Kier alpha value is -2.10. The lowest BCUT2D eigenvalue weighted by Gasteiger charge is -2.34. The highest BCUT2D eigenvalue weighted by atomic mass is 79.9. The molecule has 9 heteroatoms. The number of aromatic nitrogens is 4. The van der Waals surface area contributed by atoms with Gasteiger partial charge in [0.15, 0.2) is 3.92 Å². The molecule has 1 saturated carbocycles. The molecule has 4 rings (SSSR count). The number of hydrogen-bond acceptors (Lipinski definition) is 6. The third-order valence-corrected chi connectivity index (χ3v) is 5.81. The van der Waals surface area contributed by atoms with Gasteiger partial charge in [0, 0.05) is 24.4 Å². The Morgan fingerprint density at radius 2 is 2.30 bits per heavy atom. The minimum Gasteiger partial charge on any atom is -0.378 e. The van der Waals surface area contributed by atoms with Gasteiger partial charge in [0.05, 0.1) is 23.5 Å². The van der Waals surface area contributed by atoms with Crippen LogP contribution in [0.25, 0.3) is 11.4 Å². The highest BCUT2D eigenvalue weighted by Crippen LogP contribution is 2.36. The van der Waals surface area contributed by atoms with E-state index in [-0.39, 0.29) is 18.1 Å². The minimum atomic E-state index is -0.269. The lowest BCUT2D eigenvalue weighted by molar-refractivity contribution is -0.0226. The van der Waals surface area contributed by atoms with Crippen LogP contribution in [0.4, 0.5) is 5.69 Å². The van der Waals surface area contributed by atoms with Crippen molar-refractivity contribution >= 4 is 38.9 Å². The van der Waals surface area contributed by atoms with Crippen molar-refractivity contribution in [1.29, 1.82) is 0 Å². The smallest absolute Gasteiger partial charge is 0.275 e. The van der Waals surface area contributed by atoms with Crippen LogP contribution in [0.15, 0.2) is 39.9 Å². The highest BCUT2D eigenvalue weighted by molar-refractivity contribution is 9.11. The Morgan fingerprint density at radius 3 is 2.96 bits per heavy atom. The zero-order valence-electron chi connectivity index (χ0n) is 14.6. The number of carbonyl (C=O) groups is 1. The fourth-order valence-corrected chi connectivity index (χ4v) is 4.02. The fraction of sp³-hybridized carbons (Fsp3) is 0.333. The predicted molar refractivity (Wildman–Crippen MR) is 107 cm³/mol. The first-order valence-corrected chi connectivity index (χ1v) is 10.4. The number of thiazole rings is 1. The molecule has 0 bridgehead atoms. The summed E-state index contributed by atoms with van der Waals surface area (Å²) in [6.45, 7) is 2.73. The Bertz CT molecular complexity index is 936. The summed E-state index contributed by atoms with van der Waals surface area (Å²) >= 11 is 4.65. The molecule has 3 heterocycles. The topological polar surface area (TPSA) is 81.9 Å². The molecule has 1 N–H and O–H groups in total. The van der Waals surface area contributed by atoms with E-state index in [1.54, 1.807) is 11.6 Å². The Balaban J connectivity index is 1.60. The first kappa shape index (κ1) is 18.3. The van der Waals surface area contributed by atoms with Gasteiger partial charge in [-0.3, -0.25) is 14.5 Å². The number of amides is 1. The predicted octanol–water partition coefficient (Wildman–Crippen LogP) is 4.16. The van der Waals surface area contributed by atoms with E-state index in [9.17, 15) is 4.79 Å². The Labute approximate surface area is 168 Å². The van der Waals surface area contributed by atoms with Gasteiger partial charge in [0.25, 0.3) is 5.91 Å². The van der Waals surface area contributed by atoms with Crippen molar-refractivity contribution < 1.29 is 9.53 Å². The van der Waals surface area contributed by atoms with Gasteiger partial charge in [-0.2, -0.15) is 5.10 Å². The van der Waals surface area contributed by atoms with E-state index in [1.807, 2.05) is 36.0 Å². The van der Waals surface area contributed by atoms with E-state index in [1.165, 1.54) is 11.3 Å². The van der Waals surface area contributed by atoms with Crippen LogP contribution in [0.2, 0.25) is 0 Å². The Morgan fingerprint density at radius 1 is 1.44 bits per heavy atom. The van der Waals surface area contributed by atoms with E-state index in [4.69, 9.17) is 9.84 Å². The summed E-state index contributed by atoms with van der Waals surface area (Å²) < 4.78 is 8.22. The van der Waals surface area contributed by atoms with Crippen LogP contribution >= 0.6 is 27.3 Å². The van der Waals surface area contributed by atoms with Gasteiger partial charge < -0.3 is 10.1 Å². The number of hydrogen-bond donors (Lipinski definition) is 1. The van der Waals surface area contributed by atoms with E-state index in [2.05, 4.69) is 31.2 Å². The van der Waals surface area contributed by atoms with Crippen molar-refractivity contribution in [3.8, 4) is 11.4 Å². The van der Waals surface area contributed by atoms with Crippen LogP contribution in [0.3, 0.4) is 0 Å². The van der Waals surface area contributed by atoms with Gasteiger partial charge in [0.2, 0.25) is 0 Å². The number of halogens is 1. The fourth-order valence-electron chi connectivity index (χ4n) is 3.03. The van der Waals surface area contributed by atoms with Crippen LogP contribution in [0.1, 0.15) is 36.3 Å². The second-order valence-electron chi connectivity index (χ2n) is 6.23. The first-order valence-electron chi connectivity index (χ1n) is 8.68. The zero-order chi connectivity index (χ0) is 18.8. The molecule has 0 atom stereocenters.